The number of fused-ring (bicyclic) bond motifs is 1. The summed E-state index contributed by atoms with van der Waals surface area (Å²) in [7, 11) is 0. The van der Waals surface area contributed by atoms with Crippen LogP contribution >= 0.6 is 0 Å². The van der Waals surface area contributed by atoms with Gasteiger partial charge in [0.15, 0.2) is 0 Å². The Morgan fingerprint density at radius 3 is 2.79 bits per heavy atom. The zero-order valence-electron chi connectivity index (χ0n) is 10.6. The molecule has 2 aromatic heterocycles. The number of pyridine rings is 2. The van der Waals surface area contributed by atoms with Crippen molar-refractivity contribution in [3.05, 3.63) is 71.7 Å². The van der Waals surface area contributed by atoms with E-state index in [1.54, 1.807) is 18.6 Å². The number of aromatic nitrogens is 2. The van der Waals surface area contributed by atoms with E-state index in [1.807, 2.05) is 43.3 Å². The monoisotopic (exact) mass is 250 g/mol. The predicted molar refractivity (Wildman–Crippen MR) is 74.8 cm³/mol. The highest BCUT2D eigenvalue weighted by Crippen LogP contribution is 2.25. The molecule has 0 amide bonds. The molecular formula is C16H14N2O. The van der Waals surface area contributed by atoms with Crippen LogP contribution < -0.4 is 0 Å². The second-order valence-electron chi connectivity index (χ2n) is 4.60. The Balaban J connectivity index is 2.07. The lowest BCUT2D eigenvalue weighted by Gasteiger charge is -2.13. The van der Waals surface area contributed by atoms with Crippen molar-refractivity contribution in [3.8, 4) is 0 Å². The van der Waals surface area contributed by atoms with E-state index in [0.717, 1.165) is 27.6 Å². The highest BCUT2D eigenvalue weighted by Gasteiger charge is 2.13. The van der Waals surface area contributed by atoms with E-state index in [0.29, 0.717) is 0 Å². The van der Waals surface area contributed by atoms with Crippen LogP contribution in [0.15, 0.2) is 55.0 Å². The van der Waals surface area contributed by atoms with Crippen LogP contribution in [0.2, 0.25) is 0 Å². The number of aliphatic hydroxyl groups excluding tert-OH is 1. The third-order valence-electron chi connectivity index (χ3n) is 3.29. The van der Waals surface area contributed by atoms with E-state index in [2.05, 4.69) is 9.97 Å². The van der Waals surface area contributed by atoms with E-state index in [1.165, 1.54) is 0 Å². The highest BCUT2D eigenvalue weighted by atomic mass is 16.3. The quantitative estimate of drug-likeness (QED) is 0.760. The average molecular weight is 250 g/mol. The van der Waals surface area contributed by atoms with Gasteiger partial charge in [0, 0.05) is 29.5 Å². The van der Waals surface area contributed by atoms with Crippen molar-refractivity contribution < 1.29 is 5.11 Å². The second kappa shape index (κ2) is 4.78. The van der Waals surface area contributed by atoms with Gasteiger partial charge < -0.3 is 5.11 Å². The largest absolute Gasteiger partial charge is 0.384 e. The molecule has 0 radical (unpaired) electrons. The summed E-state index contributed by atoms with van der Waals surface area (Å²) in [5, 5.41) is 11.5. The van der Waals surface area contributed by atoms with Gasteiger partial charge >= 0.3 is 0 Å². The number of rotatable bonds is 2. The lowest BCUT2D eigenvalue weighted by molar-refractivity contribution is 0.219. The minimum Gasteiger partial charge on any atom is -0.384 e. The number of nitrogens with zero attached hydrogens (tertiary/aromatic N) is 2. The van der Waals surface area contributed by atoms with E-state index >= 15 is 0 Å². The van der Waals surface area contributed by atoms with Gasteiger partial charge in [0.05, 0.1) is 5.52 Å². The molecule has 1 N–H and O–H groups in total. The molecule has 3 aromatic rings. The predicted octanol–water partition coefficient (Wildman–Crippen LogP) is 3.02. The molecule has 0 saturated carbocycles. The summed E-state index contributed by atoms with van der Waals surface area (Å²) in [5.74, 6) is 0. The maximum Gasteiger partial charge on any atom is 0.106 e. The Kier molecular flexibility index (Phi) is 2.97. The number of aliphatic hydroxyl groups is 1. The summed E-state index contributed by atoms with van der Waals surface area (Å²) in [4.78, 5) is 8.43. The molecular weight excluding hydrogens is 236 g/mol. The standard InChI is InChI=1S/C16H14N2O/c1-11-9-17-7-6-14(11)16(19)13-8-12-4-2-3-5-15(12)18-10-13/h2-10,16,19H,1H3. The van der Waals surface area contributed by atoms with Crippen molar-refractivity contribution in [2.75, 3.05) is 0 Å². The summed E-state index contributed by atoms with van der Waals surface area (Å²) >= 11 is 0. The van der Waals surface area contributed by atoms with E-state index < -0.39 is 6.10 Å². The van der Waals surface area contributed by atoms with Gasteiger partial charge in [-0.25, -0.2) is 0 Å². The Bertz CT molecular complexity index is 725. The molecule has 0 saturated heterocycles. The van der Waals surface area contributed by atoms with Crippen molar-refractivity contribution >= 4 is 10.9 Å². The lowest BCUT2D eigenvalue weighted by atomic mass is 9.99. The smallest absolute Gasteiger partial charge is 0.106 e. The van der Waals surface area contributed by atoms with Crippen LogP contribution in [-0.4, -0.2) is 15.1 Å². The fraction of sp³-hybridized carbons (Fsp3) is 0.125. The van der Waals surface area contributed by atoms with Gasteiger partial charge in [0.1, 0.15) is 6.10 Å². The first kappa shape index (κ1) is 11.8. The van der Waals surface area contributed by atoms with Gasteiger partial charge in [0.25, 0.3) is 0 Å². The minimum absolute atomic E-state index is 0.667. The van der Waals surface area contributed by atoms with Crippen LogP contribution in [0.25, 0.3) is 10.9 Å². The first-order chi connectivity index (χ1) is 9.25. The zero-order chi connectivity index (χ0) is 13.2. The summed E-state index contributed by atoms with van der Waals surface area (Å²) in [5.41, 5.74) is 3.58. The Morgan fingerprint density at radius 1 is 1.11 bits per heavy atom. The Labute approximate surface area is 111 Å². The van der Waals surface area contributed by atoms with Crippen LogP contribution in [0.5, 0.6) is 0 Å². The molecule has 1 unspecified atom stereocenters. The van der Waals surface area contributed by atoms with Gasteiger partial charge in [-0.15, -0.1) is 0 Å². The van der Waals surface area contributed by atoms with Gasteiger partial charge in [-0.3, -0.25) is 9.97 Å². The third kappa shape index (κ3) is 2.20. The van der Waals surface area contributed by atoms with Gasteiger partial charge in [0.2, 0.25) is 0 Å². The SMILES string of the molecule is Cc1cnccc1C(O)c1cnc2ccccc2c1. The second-order valence-corrected chi connectivity index (χ2v) is 4.60. The molecule has 0 fully saturated rings. The molecule has 94 valence electrons. The first-order valence-electron chi connectivity index (χ1n) is 6.19. The fourth-order valence-electron chi connectivity index (χ4n) is 2.21. The van der Waals surface area contributed by atoms with Crippen LogP contribution in [0.3, 0.4) is 0 Å². The van der Waals surface area contributed by atoms with Gasteiger partial charge in [-0.2, -0.15) is 0 Å². The van der Waals surface area contributed by atoms with Gasteiger partial charge in [-0.05, 0) is 36.2 Å². The number of benzene rings is 1. The molecule has 3 heteroatoms. The molecule has 3 nitrogen and oxygen atoms in total. The summed E-state index contributed by atoms with van der Waals surface area (Å²) in [6, 6.07) is 11.7. The molecule has 0 aliphatic rings. The maximum atomic E-state index is 10.5. The van der Waals surface area contributed by atoms with Gasteiger partial charge in [-0.1, -0.05) is 18.2 Å². The van der Waals surface area contributed by atoms with E-state index in [-0.39, 0.29) is 0 Å². The molecule has 1 aromatic carbocycles. The topological polar surface area (TPSA) is 46.0 Å². The minimum atomic E-state index is -0.667. The molecule has 0 aliphatic heterocycles. The molecule has 2 heterocycles. The Hall–Kier alpha value is -2.26. The molecule has 1 atom stereocenters. The van der Waals surface area contributed by atoms with Crippen LogP contribution in [0.4, 0.5) is 0 Å². The number of aryl methyl sites for hydroxylation is 1. The lowest BCUT2D eigenvalue weighted by Crippen LogP contribution is -2.03. The van der Waals surface area contributed by atoms with Crippen molar-refractivity contribution in [1.82, 2.24) is 9.97 Å². The molecule has 0 bridgehead atoms. The molecule has 0 spiro atoms. The fourth-order valence-corrected chi connectivity index (χ4v) is 2.21. The number of para-hydroxylation sites is 1. The van der Waals surface area contributed by atoms with Crippen molar-refractivity contribution in [2.24, 2.45) is 0 Å². The maximum absolute atomic E-state index is 10.5. The summed E-state index contributed by atoms with van der Waals surface area (Å²) in [6.45, 7) is 1.94. The third-order valence-corrected chi connectivity index (χ3v) is 3.29. The molecule has 3 rings (SSSR count). The number of hydrogen-bond donors (Lipinski definition) is 1. The zero-order valence-corrected chi connectivity index (χ0v) is 10.6. The average Bonchev–Trinajstić information content (AvgIpc) is 2.46. The highest BCUT2D eigenvalue weighted by molar-refractivity contribution is 5.78. The van der Waals surface area contributed by atoms with E-state index in [4.69, 9.17) is 0 Å². The normalized spacial score (nSPS) is 12.5. The summed E-state index contributed by atoms with van der Waals surface area (Å²) < 4.78 is 0. The Morgan fingerprint density at radius 2 is 1.95 bits per heavy atom. The van der Waals surface area contributed by atoms with Crippen LogP contribution in [0.1, 0.15) is 22.8 Å². The van der Waals surface area contributed by atoms with Crippen LogP contribution in [0, 0.1) is 6.92 Å². The van der Waals surface area contributed by atoms with Crippen molar-refractivity contribution in [3.63, 3.8) is 0 Å². The van der Waals surface area contributed by atoms with Crippen molar-refractivity contribution in [1.29, 1.82) is 0 Å². The number of hydrogen-bond acceptors (Lipinski definition) is 3. The molecule has 19 heavy (non-hydrogen) atoms. The first-order valence-corrected chi connectivity index (χ1v) is 6.19. The van der Waals surface area contributed by atoms with Crippen molar-refractivity contribution in [2.45, 2.75) is 13.0 Å². The van der Waals surface area contributed by atoms with Crippen LogP contribution in [-0.2, 0) is 0 Å². The summed E-state index contributed by atoms with van der Waals surface area (Å²) in [6.07, 6.45) is 4.51. The van der Waals surface area contributed by atoms with E-state index in [9.17, 15) is 5.11 Å². The molecule has 0 aliphatic carbocycles.